The predicted molar refractivity (Wildman–Crippen MR) is 74.1 cm³/mol. The van der Waals surface area contributed by atoms with Crippen LogP contribution < -0.4 is 5.73 Å². The minimum absolute atomic E-state index is 0.592. The molecule has 0 aromatic carbocycles. The molecule has 1 heterocycles. The zero-order valence-corrected chi connectivity index (χ0v) is 12.0. The molecular weight excluding hydrogens is 226 g/mol. The van der Waals surface area contributed by atoms with Gasteiger partial charge in [0.2, 0.25) is 0 Å². The zero-order chi connectivity index (χ0) is 13.4. The van der Waals surface area contributed by atoms with Gasteiger partial charge in [0.25, 0.3) is 0 Å². The maximum Gasteiger partial charge on any atom is 0.141 e. The molecule has 0 saturated heterocycles. The second kappa shape index (κ2) is 8.21. The first-order valence-corrected chi connectivity index (χ1v) is 6.96. The molecule has 2 N–H and O–H groups in total. The molecule has 0 spiro atoms. The third kappa shape index (κ3) is 5.14. The van der Waals surface area contributed by atoms with Crippen LogP contribution in [0.2, 0.25) is 0 Å². The Morgan fingerprint density at radius 1 is 1.39 bits per heavy atom. The fraction of sp³-hybridized carbons (Fsp3) is 0.846. The van der Waals surface area contributed by atoms with Crippen molar-refractivity contribution in [3.63, 3.8) is 0 Å². The Labute approximate surface area is 110 Å². The summed E-state index contributed by atoms with van der Waals surface area (Å²) in [6, 6.07) is 0. The minimum atomic E-state index is 0.592. The molecule has 0 bridgehead atoms. The minimum Gasteiger partial charge on any atom is -0.330 e. The van der Waals surface area contributed by atoms with Gasteiger partial charge in [-0.05, 0) is 38.4 Å². The van der Waals surface area contributed by atoms with Crippen molar-refractivity contribution in [1.82, 2.24) is 19.7 Å². The summed E-state index contributed by atoms with van der Waals surface area (Å²) in [4.78, 5) is 6.79. The molecule has 0 unspecified atom stereocenters. The summed E-state index contributed by atoms with van der Waals surface area (Å²) >= 11 is 0. The highest BCUT2D eigenvalue weighted by Crippen LogP contribution is 2.06. The van der Waals surface area contributed by atoms with Crippen LogP contribution in [0.1, 0.15) is 39.4 Å². The molecule has 0 fully saturated rings. The molecule has 1 aromatic heterocycles. The molecule has 0 amide bonds. The largest absolute Gasteiger partial charge is 0.330 e. The molecule has 18 heavy (non-hydrogen) atoms. The topological polar surface area (TPSA) is 60.0 Å². The van der Waals surface area contributed by atoms with Crippen molar-refractivity contribution in [1.29, 1.82) is 0 Å². The van der Waals surface area contributed by atoms with E-state index in [9.17, 15) is 0 Å². The average molecular weight is 253 g/mol. The Bertz CT molecular complexity index is 321. The first-order chi connectivity index (χ1) is 8.67. The third-order valence-electron chi connectivity index (χ3n) is 2.82. The SMILES string of the molecule is CCCN(CCCN)Cc1ncnn1CC(C)C. The van der Waals surface area contributed by atoms with Gasteiger partial charge in [-0.3, -0.25) is 4.90 Å². The lowest BCUT2D eigenvalue weighted by molar-refractivity contribution is 0.250. The Kier molecular flexibility index (Phi) is 6.90. The highest BCUT2D eigenvalue weighted by Gasteiger charge is 2.11. The summed E-state index contributed by atoms with van der Waals surface area (Å²) in [5, 5.41) is 4.30. The van der Waals surface area contributed by atoms with Crippen LogP contribution in [0.3, 0.4) is 0 Å². The van der Waals surface area contributed by atoms with E-state index >= 15 is 0 Å². The van der Waals surface area contributed by atoms with Crippen LogP contribution in [0.4, 0.5) is 0 Å². The lowest BCUT2D eigenvalue weighted by Crippen LogP contribution is -2.28. The summed E-state index contributed by atoms with van der Waals surface area (Å²) < 4.78 is 2.02. The van der Waals surface area contributed by atoms with Gasteiger partial charge < -0.3 is 5.73 Å². The molecule has 0 aliphatic carbocycles. The third-order valence-corrected chi connectivity index (χ3v) is 2.82. The second-order valence-electron chi connectivity index (χ2n) is 5.17. The lowest BCUT2D eigenvalue weighted by atomic mass is 10.2. The first kappa shape index (κ1) is 15.1. The highest BCUT2D eigenvalue weighted by atomic mass is 15.3. The van der Waals surface area contributed by atoms with Crippen LogP contribution in [0.25, 0.3) is 0 Å². The Hall–Kier alpha value is -0.940. The van der Waals surface area contributed by atoms with Crippen LogP contribution in [0.15, 0.2) is 6.33 Å². The number of hydrogen-bond donors (Lipinski definition) is 1. The summed E-state index contributed by atoms with van der Waals surface area (Å²) in [5.74, 6) is 1.66. The van der Waals surface area contributed by atoms with Crippen molar-refractivity contribution < 1.29 is 0 Å². The zero-order valence-electron chi connectivity index (χ0n) is 12.0. The molecule has 5 heteroatoms. The van der Waals surface area contributed by atoms with Gasteiger partial charge >= 0.3 is 0 Å². The standard InChI is InChI=1S/C13H27N5/c1-4-7-17(8-5-6-14)10-13-15-11-16-18(13)9-12(2)3/h11-12H,4-10,14H2,1-3H3. The monoisotopic (exact) mass is 253 g/mol. The van der Waals surface area contributed by atoms with E-state index in [1.54, 1.807) is 6.33 Å². The molecule has 0 saturated carbocycles. The normalized spacial score (nSPS) is 11.7. The quantitative estimate of drug-likeness (QED) is 0.724. The second-order valence-corrected chi connectivity index (χ2v) is 5.17. The number of hydrogen-bond acceptors (Lipinski definition) is 4. The van der Waals surface area contributed by atoms with E-state index in [4.69, 9.17) is 5.73 Å². The van der Waals surface area contributed by atoms with Crippen molar-refractivity contribution in [3.05, 3.63) is 12.2 Å². The van der Waals surface area contributed by atoms with Gasteiger partial charge in [-0.2, -0.15) is 5.10 Å². The molecule has 1 aromatic rings. The first-order valence-electron chi connectivity index (χ1n) is 6.96. The number of nitrogens with two attached hydrogens (primary N) is 1. The average Bonchev–Trinajstić information content (AvgIpc) is 2.73. The molecule has 104 valence electrons. The maximum atomic E-state index is 5.58. The summed E-state index contributed by atoms with van der Waals surface area (Å²) in [6.07, 6.45) is 3.85. The number of nitrogens with zero attached hydrogens (tertiary/aromatic N) is 4. The summed E-state index contributed by atoms with van der Waals surface area (Å²) in [6.45, 7) is 11.3. The van der Waals surface area contributed by atoms with Crippen molar-refractivity contribution in [2.75, 3.05) is 19.6 Å². The molecule has 1 rings (SSSR count). The van der Waals surface area contributed by atoms with Gasteiger partial charge in [-0.1, -0.05) is 20.8 Å². The summed E-state index contributed by atoms with van der Waals surface area (Å²) in [5.41, 5.74) is 5.58. The van der Waals surface area contributed by atoms with E-state index in [0.717, 1.165) is 51.4 Å². The Balaban J connectivity index is 2.59. The van der Waals surface area contributed by atoms with E-state index in [1.807, 2.05) is 4.68 Å². The van der Waals surface area contributed by atoms with Gasteiger partial charge in [-0.15, -0.1) is 0 Å². The van der Waals surface area contributed by atoms with Crippen molar-refractivity contribution in [2.24, 2.45) is 11.7 Å². The van der Waals surface area contributed by atoms with E-state index < -0.39 is 0 Å². The maximum absolute atomic E-state index is 5.58. The summed E-state index contributed by atoms with van der Waals surface area (Å²) in [7, 11) is 0. The van der Waals surface area contributed by atoms with E-state index in [0.29, 0.717) is 5.92 Å². The van der Waals surface area contributed by atoms with Gasteiger partial charge in [0, 0.05) is 6.54 Å². The number of rotatable bonds is 9. The molecule has 5 nitrogen and oxygen atoms in total. The fourth-order valence-electron chi connectivity index (χ4n) is 2.01. The number of aromatic nitrogens is 3. The Morgan fingerprint density at radius 3 is 2.78 bits per heavy atom. The highest BCUT2D eigenvalue weighted by molar-refractivity contribution is 4.85. The van der Waals surface area contributed by atoms with Crippen LogP contribution >= 0.6 is 0 Å². The van der Waals surface area contributed by atoms with Gasteiger partial charge in [0.05, 0.1) is 6.54 Å². The lowest BCUT2D eigenvalue weighted by Gasteiger charge is -2.21. The van der Waals surface area contributed by atoms with Crippen molar-refractivity contribution in [2.45, 2.75) is 46.7 Å². The molecule has 0 atom stereocenters. The van der Waals surface area contributed by atoms with Crippen LogP contribution in [0, 0.1) is 5.92 Å². The molecule has 0 aliphatic heterocycles. The molecular formula is C13H27N5. The molecule has 0 aliphatic rings. The van der Waals surface area contributed by atoms with E-state index in [2.05, 4.69) is 35.8 Å². The molecule has 0 radical (unpaired) electrons. The van der Waals surface area contributed by atoms with Gasteiger partial charge in [0.15, 0.2) is 0 Å². The fourth-order valence-corrected chi connectivity index (χ4v) is 2.01. The smallest absolute Gasteiger partial charge is 0.141 e. The van der Waals surface area contributed by atoms with Crippen molar-refractivity contribution >= 4 is 0 Å². The van der Waals surface area contributed by atoms with Gasteiger partial charge in [0.1, 0.15) is 12.2 Å². The van der Waals surface area contributed by atoms with E-state index in [-0.39, 0.29) is 0 Å². The Morgan fingerprint density at radius 2 is 2.17 bits per heavy atom. The van der Waals surface area contributed by atoms with Crippen LogP contribution in [-0.2, 0) is 13.1 Å². The van der Waals surface area contributed by atoms with Gasteiger partial charge in [-0.25, -0.2) is 9.67 Å². The van der Waals surface area contributed by atoms with E-state index in [1.165, 1.54) is 0 Å². The van der Waals surface area contributed by atoms with Crippen LogP contribution in [-0.4, -0.2) is 39.3 Å². The van der Waals surface area contributed by atoms with Crippen LogP contribution in [0.5, 0.6) is 0 Å². The predicted octanol–water partition coefficient (Wildman–Crippen LogP) is 1.49. The van der Waals surface area contributed by atoms with Crippen molar-refractivity contribution in [3.8, 4) is 0 Å².